The van der Waals surface area contributed by atoms with E-state index in [9.17, 15) is 4.79 Å². The smallest absolute Gasteiger partial charge is 0.244 e. The van der Waals surface area contributed by atoms with Gasteiger partial charge in [0.05, 0.1) is 12.9 Å². The lowest BCUT2D eigenvalue weighted by molar-refractivity contribution is -0.125. The van der Waals surface area contributed by atoms with E-state index in [1.807, 2.05) is 54.9 Å². The molecule has 1 unspecified atom stereocenters. The monoisotopic (exact) mass is 272 g/mol. The van der Waals surface area contributed by atoms with Crippen molar-refractivity contribution in [3.05, 3.63) is 54.6 Å². The Morgan fingerprint density at radius 1 is 1.40 bits per heavy atom. The Morgan fingerprint density at radius 3 is 2.60 bits per heavy atom. The number of nitrogens with two attached hydrogens (primary N) is 1. The summed E-state index contributed by atoms with van der Waals surface area (Å²) in [5, 5.41) is 3.32. The largest absolute Gasteiger partial charge is 0.368 e. The fourth-order valence-electron chi connectivity index (χ4n) is 2.38. The maximum absolute atomic E-state index is 12.2. The molecule has 0 bridgehead atoms. The average molecular weight is 272 g/mol. The standard InChI is InChI=1S/C15H20N4O/c1-12(2)18-15(14(16)20,10-19-9-8-17-11-19)13-6-4-3-5-7-13/h3-9,11-12,18H,10H2,1-2H3,(H2,16,20). The van der Waals surface area contributed by atoms with Gasteiger partial charge in [-0.05, 0) is 19.4 Å². The van der Waals surface area contributed by atoms with E-state index < -0.39 is 11.4 Å². The summed E-state index contributed by atoms with van der Waals surface area (Å²) in [5.74, 6) is -0.397. The molecule has 0 aliphatic carbocycles. The number of aromatic nitrogens is 2. The molecule has 5 nitrogen and oxygen atoms in total. The Kier molecular flexibility index (Phi) is 4.20. The summed E-state index contributed by atoms with van der Waals surface area (Å²) < 4.78 is 1.85. The third-order valence-corrected chi connectivity index (χ3v) is 3.20. The first kappa shape index (κ1) is 14.3. The zero-order chi connectivity index (χ0) is 14.6. The normalized spacial score (nSPS) is 14.2. The summed E-state index contributed by atoms with van der Waals surface area (Å²) in [6.45, 7) is 4.40. The van der Waals surface area contributed by atoms with Crippen LogP contribution in [0.15, 0.2) is 49.1 Å². The number of carbonyl (C=O) groups is 1. The first-order valence-electron chi connectivity index (χ1n) is 6.63. The van der Waals surface area contributed by atoms with Gasteiger partial charge in [0, 0.05) is 18.4 Å². The van der Waals surface area contributed by atoms with Crippen LogP contribution in [-0.2, 0) is 16.9 Å². The molecule has 0 fully saturated rings. The predicted molar refractivity (Wildman–Crippen MR) is 77.8 cm³/mol. The van der Waals surface area contributed by atoms with Crippen LogP contribution in [0.25, 0.3) is 0 Å². The fraction of sp³-hybridized carbons (Fsp3) is 0.333. The zero-order valence-electron chi connectivity index (χ0n) is 11.8. The fourth-order valence-corrected chi connectivity index (χ4v) is 2.38. The highest BCUT2D eigenvalue weighted by atomic mass is 16.1. The lowest BCUT2D eigenvalue weighted by Crippen LogP contribution is -2.57. The van der Waals surface area contributed by atoms with Crippen molar-refractivity contribution in [2.75, 3.05) is 0 Å². The van der Waals surface area contributed by atoms with E-state index in [0.717, 1.165) is 5.56 Å². The molecule has 5 heteroatoms. The molecule has 1 aromatic heterocycles. The zero-order valence-corrected chi connectivity index (χ0v) is 11.8. The summed E-state index contributed by atoms with van der Waals surface area (Å²) in [7, 11) is 0. The van der Waals surface area contributed by atoms with Crippen LogP contribution in [0.1, 0.15) is 19.4 Å². The number of primary amides is 1. The second-order valence-corrected chi connectivity index (χ2v) is 5.17. The molecular formula is C15H20N4O. The first-order chi connectivity index (χ1) is 9.54. The van der Waals surface area contributed by atoms with Crippen molar-refractivity contribution in [2.45, 2.75) is 32.0 Å². The highest BCUT2D eigenvalue weighted by Gasteiger charge is 2.39. The molecule has 2 aromatic rings. The quantitative estimate of drug-likeness (QED) is 0.831. The molecule has 20 heavy (non-hydrogen) atoms. The van der Waals surface area contributed by atoms with Crippen molar-refractivity contribution in [3.63, 3.8) is 0 Å². The third-order valence-electron chi connectivity index (χ3n) is 3.20. The minimum atomic E-state index is -0.948. The van der Waals surface area contributed by atoms with Gasteiger partial charge in [-0.15, -0.1) is 0 Å². The number of imidazole rings is 1. The molecule has 0 aliphatic rings. The minimum absolute atomic E-state index is 0.117. The van der Waals surface area contributed by atoms with Crippen molar-refractivity contribution >= 4 is 5.91 Å². The second kappa shape index (κ2) is 5.88. The van der Waals surface area contributed by atoms with Gasteiger partial charge in [0.15, 0.2) is 0 Å². The van der Waals surface area contributed by atoms with Crippen LogP contribution in [0.4, 0.5) is 0 Å². The topological polar surface area (TPSA) is 72.9 Å². The van der Waals surface area contributed by atoms with Crippen LogP contribution < -0.4 is 11.1 Å². The van der Waals surface area contributed by atoms with Gasteiger partial charge in [-0.1, -0.05) is 30.3 Å². The predicted octanol–water partition coefficient (Wildman–Crippen LogP) is 1.26. The highest BCUT2D eigenvalue weighted by Crippen LogP contribution is 2.24. The van der Waals surface area contributed by atoms with Gasteiger partial charge >= 0.3 is 0 Å². The van der Waals surface area contributed by atoms with Crippen LogP contribution in [0.5, 0.6) is 0 Å². The van der Waals surface area contributed by atoms with Gasteiger partial charge in [-0.3, -0.25) is 10.1 Å². The SMILES string of the molecule is CC(C)NC(Cn1ccnc1)(C(N)=O)c1ccccc1. The molecule has 2 rings (SSSR count). The van der Waals surface area contributed by atoms with Crippen LogP contribution in [-0.4, -0.2) is 21.5 Å². The van der Waals surface area contributed by atoms with Crippen molar-refractivity contribution in [1.29, 1.82) is 0 Å². The van der Waals surface area contributed by atoms with Crippen molar-refractivity contribution in [2.24, 2.45) is 5.73 Å². The molecule has 1 aromatic carbocycles. The molecule has 0 saturated heterocycles. The van der Waals surface area contributed by atoms with Gasteiger partial charge in [0.1, 0.15) is 5.54 Å². The average Bonchev–Trinajstić information content (AvgIpc) is 2.91. The Morgan fingerprint density at radius 2 is 2.10 bits per heavy atom. The van der Waals surface area contributed by atoms with E-state index in [1.165, 1.54) is 0 Å². The second-order valence-electron chi connectivity index (χ2n) is 5.17. The van der Waals surface area contributed by atoms with E-state index >= 15 is 0 Å². The molecule has 1 amide bonds. The maximum atomic E-state index is 12.2. The number of carbonyl (C=O) groups excluding carboxylic acids is 1. The number of hydrogen-bond acceptors (Lipinski definition) is 3. The van der Waals surface area contributed by atoms with Gasteiger partial charge < -0.3 is 10.3 Å². The molecule has 3 N–H and O–H groups in total. The number of rotatable bonds is 6. The maximum Gasteiger partial charge on any atom is 0.244 e. The van der Waals surface area contributed by atoms with Gasteiger partial charge in [0.2, 0.25) is 5.91 Å². The van der Waals surface area contributed by atoms with Crippen molar-refractivity contribution in [1.82, 2.24) is 14.9 Å². The van der Waals surface area contributed by atoms with Crippen LogP contribution in [0, 0.1) is 0 Å². The van der Waals surface area contributed by atoms with Gasteiger partial charge in [0.25, 0.3) is 0 Å². The van der Waals surface area contributed by atoms with Gasteiger partial charge in [-0.25, -0.2) is 4.98 Å². The number of amides is 1. The molecule has 0 saturated carbocycles. The Bertz CT molecular complexity index is 551. The molecule has 0 radical (unpaired) electrons. The van der Waals surface area contributed by atoms with Crippen LogP contribution in [0.3, 0.4) is 0 Å². The first-order valence-corrected chi connectivity index (χ1v) is 6.63. The van der Waals surface area contributed by atoms with E-state index in [0.29, 0.717) is 6.54 Å². The molecule has 106 valence electrons. The number of hydrogen-bond donors (Lipinski definition) is 2. The number of nitrogens with one attached hydrogen (secondary N) is 1. The number of benzene rings is 1. The number of nitrogens with zero attached hydrogens (tertiary/aromatic N) is 2. The highest BCUT2D eigenvalue weighted by molar-refractivity contribution is 5.86. The van der Waals surface area contributed by atoms with Crippen molar-refractivity contribution < 1.29 is 4.79 Å². The summed E-state index contributed by atoms with van der Waals surface area (Å²) >= 11 is 0. The summed E-state index contributed by atoms with van der Waals surface area (Å²) in [5.41, 5.74) is 5.64. The Labute approximate surface area is 118 Å². The van der Waals surface area contributed by atoms with Gasteiger partial charge in [-0.2, -0.15) is 0 Å². The van der Waals surface area contributed by atoms with Crippen LogP contribution in [0.2, 0.25) is 0 Å². The molecular weight excluding hydrogens is 252 g/mol. The minimum Gasteiger partial charge on any atom is -0.368 e. The van der Waals surface area contributed by atoms with E-state index in [4.69, 9.17) is 5.73 Å². The molecule has 0 aliphatic heterocycles. The summed E-state index contributed by atoms with van der Waals surface area (Å²) in [6, 6.07) is 9.67. The third kappa shape index (κ3) is 2.88. The Hall–Kier alpha value is -2.14. The molecule has 1 atom stereocenters. The summed E-state index contributed by atoms with van der Waals surface area (Å²) in [4.78, 5) is 16.2. The Balaban J connectivity index is 2.47. The summed E-state index contributed by atoms with van der Waals surface area (Å²) in [6.07, 6.45) is 5.19. The van der Waals surface area contributed by atoms with Crippen LogP contribution >= 0.6 is 0 Å². The van der Waals surface area contributed by atoms with E-state index in [1.54, 1.807) is 12.5 Å². The van der Waals surface area contributed by atoms with E-state index in [-0.39, 0.29) is 6.04 Å². The lowest BCUT2D eigenvalue weighted by atomic mass is 9.88. The van der Waals surface area contributed by atoms with Crippen molar-refractivity contribution in [3.8, 4) is 0 Å². The van der Waals surface area contributed by atoms with E-state index in [2.05, 4.69) is 10.3 Å². The lowest BCUT2D eigenvalue weighted by Gasteiger charge is -2.34. The molecule has 0 spiro atoms. The molecule has 1 heterocycles.